The Hall–Kier alpha value is -1.66. The molecule has 98 valence electrons. The molecule has 0 spiro atoms. The predicted molar refractivity (Wildman–Crippen MR) is 67.8 cm³/mol. The Morgan fingerprint density at radius 1 is 1.50 bits per heavy atom. The van der Waals surface area contributed by atoms with Gasteiger partial charge in [0, 0.05) is 13.1 Å². The van der Waals surface area contributed by atoms with Crippen LogP contribution in [0.4, 0.5) is 5.69 Å². The van der Waals surface area contributed by atoms with Crippen molar-refractivity contribution in [3.8, 4) is 0 Å². The Morgan fingerprint density at radius 2 is 2.17 bits per heavy atom. The molecule has 18 heavy (non-hydrogen) atoms. The number of nitrogens with one attached hydrogen (secondary N) is 1. The van der Waals surface area contributed by atoms with Gasteiger partial charge in [-0.05, 0) is 31.9 Å². The van der Waals surface area contributed by atoms with Gasteiger partial charge < -0.3 is 15.4 Å². The monoisotopic (exact) mass is 250 g/mol. The molecule has 2 heterocycles. The number of piperidine rings is 1. The van der Waals surface area contributed by atoms with Gasteiger partial charge in [0.1, 0.15) is 5.69 Å². The van der Waals surface area contributed by atoms with E-state index in [1.54, 1.807) is 24.0 Å². The highest BCUT2D eigenvalue weighted by atomic mass is 16.3. The average Bonchev–Trinajstić information content (AvgIpc) is 2.38. The predicted octanol–water partition coefficient (Wildman–Crippen LogP) is 0.354. The molecule has 4 N–H and O–H groups in total. The van der Waals surface area contributed by atoms with E-state index in [9.17, 15) is 9.90 Å². The van der Waals surface area contributed by atoms with Gasteiger partial charge in [0.15, 0.2) is 0 Å². The fraction of sp³-hybridized carbons (Fsp3) is 0.500. The molecule has 6 nitrogen and oxygen atoms in total. The first-order valence-electron chi connectivity index (χ1n) is 5.96. The average molecular weight is 250 g/mol. The van der Waals surface area contributed by atoms with Crippen LogP contribution in [0.2, 0.25) is 0 Å². The van der Waals surface area contributed by atoms with Crippen molar-refractivity contribution in [3.63, 3.8) is 0 Å². The number of likely N-dealkylation sites (tertiary alicyclic amines) is 1. The molecule has 1 aromatic rings. The van der Waals surface area contributed by atoms with E-state index in [2.05, 4.69) is 10.4 Å². The van der Waals surface area contributed by atoms with E-state index in [1.807, 2.05) is 0 Å². The lowest BCUT2D eigenvalue weighted by molar-refractivity contribution is -0.00219. The molecule has 1 fully saturated rings. The van der Waals surface area contributed by atoms with Crippen LogP contribution in [0.1, 0.15) is 30.3 Å². The first-order valence-corrected chi connectivity index (χ1v) is 5.96. The highest BCUT2D eigenvalue weighted by molar-refractivity contribution is 5.92. The number of nitrogen functional groups attached to an aromatic ring is 1. The van der Waals surface area contributed by atoms with Gasteiger partial charge in [0.05, 0.1) is 17.5 Å². The number of nitrogens with two attached hydrogens (primary N) is 1. The SMILES string of the molecule is CC1(O)CCN(C(=O)c2ccc(NN)cn2)CC1. The third kappa shape index (κ3) is 2.77. The molecule has 0 unspecified atom stereocenters. The lowest BCUT2D eigenvalue weighted by Crippen LogP contribution is -2.45. The zero-order valence-electron chi connectivity index (χ0n) is 10.4. The van der Waals surface area contributed by atoms with Crippen LogP contribution in [0.25, 0.3) is 0 Å². The van der Waals surface area contributed by atoms with Gasteiger partial charge in [-0.1, -0.05) is 0 Å². The quantitative estimate of drug-likeness (QED) is 0.520. The molecule has 1 aliphatic heterocycles. The maximum Gasteiger partial charge on any atom is 0.272 e. The minimum absolute atomic E-state index is 0.103. The van der Waals surface area contributed by atoms with Gasteiger partial charge in [-0.3, -0.25) is 10.6 Å². The van der Waals surface area contributed by atoms with Gasteiger partial charge in [0.25, 0.3) is 5.91 Å². The van der Waals surface area contributed by atoms with Gasteiger partial charge >= 0.3 is 0 Å². The Morgan fingerprint density at radius 3 is 2.67 bits per heavy atom. The van der Waals surface area contributed by atoms with Gasteiger partial charge in [-0.2, -0.15) is 0 Å². The summed E-state index contributed by atoms with van der Waals surface area (Å²) in [6.07, 6.45) is 2.72. The van der Waals surface area contributed by atoms with Crippen molar-refractivity contribution in [2.45, 2.75) is 25.4 Å². The van der Waals surface area contributed by atoms with Crippen molar-refractivity contribution in [3.05, 3.63) is 24.0 Å². The molecule has 0 radical (unpaired) electrons. The molecular weight excluding hydrogens is 232 g/mol. The maximum absolute atomic E-state index is 12.1. The number of hydrogen-bond donors (Lipinski definition) is 3. The topological polar surface area (TPSA) is 91.5 Å². The minimum atomic E-state index is -0.655. The van der Waals surface area contributed by atoms with E-state index in [0.29, 0.717) is 37.3 Å². The standard InChI is InChI=1S/C12H18N4O2/c1-12(18)4-6-16(7-5-12)11(17)10-3-2-9(15-13)8-14-10/h2-3,8,15,18H,4-7,13H2,1H3. The summed E-state index contributed by atoms with van der Waals surface area (Å²) in [5.41, 5.74) is 2.87. The van der Waals surface area contributed by atoms with E-state index in [-0.39, 0.29) is 5.91 Å². The molecule has 1 amide bonds. The van der Waals surface area contributed by atoms with Crippen molar-refractivity contribution in [1.82, 2.24) is 9.88 Å². The number of amides is 1. The number of aliphatic hydroxyl groups is 1. The minimum Gasteiger partial charge on any atom is -0.390 e. The fourth-order valence-electron chi connectivity index (χ4n) is 1.96. The Balaban J connectivity index is 2.03. The first kappa shape index (κ1) is 12.8. The number of carbonyl (C=O) groups is 1. The zero-order valence-corrected chi connectivity index (χ0v) is 10.4. The van der Waals surface area contributed by atoms with Crippen LogP contribution in [-0.4, -0.2) is 39.6 Å². The summed E-state index contributed by atoms with van der Waals surface area (Å²) < 4.78 is 0. The molecule has 0 saturated carbocycles. The third-order valence-corrected chi connectivity index (χ3v) is 3.28. The van der Waals surface area contributed by atoms with Crippen LogP contribution in [-0.2, 0) is 0 Å². The number of hydrazine groups is 1. The molecule has 1 aromatic heterocycles. The summed E-state index contributed by atoms with van der Waals surface area (Å²) in [5, 5.41) is 9.84. The Labute approximate surface area is 106 Å². The van der Waals surface area contributed by atoms with Crippen molar-refractivity contribution < 1.29 is 9.90 Å². The van der Waals surface area contributed by atoms with Gasteiger partial charge in [-0.25, -0.2) is 4.98 Å². The molecular formula is C12H18N4O2. The van der Waals surface area contributed by atoms with E-state index in [4.69, 9.17) is 5.84 Å². The van der Waals surface area contributed by atoms with Crippen LogP contribution in [0.3, 0.4) is 0 Å². The van der Waals surface area contributed by atoms with Crippen LogP contribution >= 0.6 is 0 Å². The molecule has 2 rings (SSSR count). The van der Waals surface area contributed by atoms with Crippen LogP contribution in [0, 0.1) is 0 Å². The summed E-state index contributed by atoms with van der Waals surface area (Å²) in [5.74, 6) is 5.13. The van der Waals surface area contributed by atoms with Crippen molar-refractivity contribution >= 4 is 11.6 Å². The number of carbonyl (C=O) groups excluding carboxylic acids is 1. The van der Waals surface area contributed by atoms with Crippen LogP contribution in [0.5, 0.6) is 0 Å². The second kappa shape index (κ2) is 4.91. The second-order valence-corrected chi connectivity index (χ2v) is 4.87. The van der Waals surface area contributed by atoms with E-state index in [0.717, 1.165) is 0 Å². The summed E-state index contributed by atoms with van der Waals surface area (Å²) in [7, 11) is 0. The second-order valence-electron chi connectivity index (χ2n) is 4.87. The number of rotatable bonds is 2. The summed E-state index contributed by atoms with van der Waals surface area (Å²) >= 11 is 0. The van der Waals surface area contributed by atoms with Crippen molar-refractivity contribution in [1.29, 1.82) is 0 Å². The van der Waals surface area contributed by atoms with E-state index >= 15 is 0 Å². The smallest absolute Gasteiger partial charge is 0.272 e. The highest BCUT2D eigenvalue weighted by Gasteiger charge is 2.30. The normalized spacial score (nSPS) is 18.5. The Kier molecular flexibility index (Phi) is 3.49. The van der Waals surface area contributed by atoms with E-state index < -0.39 is 5.60 Å². The number of pyridine rings is 1. The summed E-state index contributed by atoms with van der Waals surface area (Å²) in [4.78, 5) is 17.9. The number of anilines is 1. The number of aromatic nitrogens is 1. The van der Waals surface area contributed by atoms with E-state index in [1.165, 1.54) is 6.20 Å². The van der Waals surface area contributed by atoms with Crippen molar-refractivity contribution in [2.24, 2.45) is 5.84 Å². The molecule has 0 atom stereocenters. The molecule has 1 aliphatic rings. The molecule has 0 aliphatic carbocycles. The van der Waals surface area contributed by atoms with Crippen LogP contribution in [0.15, 0.2) is 18.3 Å². The lowest BCUT2D eigenvalue weighted by atomic mass is 9.94. The molecule has 1 saturated heterocycles. The van der Waals surface area contributed by atoms with Gasteiger partial charge in [-0.15, -0.1) is 0 Å². The van der Waals surface area contributed by atoms with Gasteiger partial charge in [0.2, 0.25) is 0 Å². The van der Waals surface area contributed by atoms with Crippen LogP contribution < -0.4 is 11.3 Å². The third-order valence-electron chi connectivity index (χ3n) is 3.28. The largest absolute Gasteiger partial charge is 0.390 e. The maximum atomic E-state index is 12.1. The Bertz CT molecular complexity index is 420. The molecule has 6 heteroatoms. The number of nitrogens with zero attached hydrogens (tertiary/aromatic N) is 2. The first-order chi connectivity index (χ1) is 8.52. The molecule has 0 bridgehead atoms. The fourth-order valence-corrected chi connectivity index (χ4v) is 1.96. The zero-order chi connectivity index (χ0) is 13.2. The number of hydrogen-bond acceptors (Lipinski definition) is 5. The summed E-state index contributed by atoms with van der Waals surface area (Å²) in [6, 6.07) is 3.35. The lowest BCUT2D eigenvalue weighted by Gasteiger charge is -2.35. The highest BCUT2D eigenvalue weighted by Crippen LogP contribution is 2.22. The molecule has 0 aromatic carbocycles. The van der Waals surface area contributed by atoms with Crippen molar-refractivity contribution in [2.75, 3.05) is 18.5 Å². The summed E-state index contributed by atoms with van der Waals surface area (Å²) in [6.45, 7) is 2.92.